The van der Waals surface area contributed by atoms with Gasteiger partial charge in [0.2, 0.25) is 0 Å². The molecule has 3 rings (SSSR count). The van der Waals surface area contributed by atoms with E-state index in [0.29, 0.717) is 5.69 Å². The molecule has 2 aromatic rings. The van der Waals surface area contributed by atoms with Crippen LogP contribution in [0.25, 0.3) is 5.69 Å². The first-order valence-electron chi connectivity index (χ1n) is 5.59. The average Bonchev–Trinajstić information content (AvgIpc) is 2.85. The number of hydrogen-bond acceptors (Lipinski definition) is 3. The van der Waals surface area contributed by atoms with E-state index in [1.54, 1.807) is 4.68 Å². The van der Waals surface area contributed by atoms with Gasteiger partial charge in [-0.15, -0.1) is 0 Å². The zero-order valence-electron chi connectivity index (χ0n) is 9.63. The highest BCUT2D eigenvalue weighted by molar-refractivity contribution is 5.76. The van der Waals surface area contributed by atoms with E-state index in [9.17, 15) is 4.79 Å². The minimum Gasteiger partial charge on any atom is -0.296 e. The Morgan fingerprint density at radius 2 is 2.00 bits per heavy atom. The van der Waals surface area contributed by atoms with Gasteiger partial charge < -0.3 is 0 Å². The maximum Gasteiger partial charge on any atom is 0.168 e. The van der Waals surface area contributed by atoms with Crippen molar-refractivity contribution in [2.75, 3.05) is 7.05 Å². The van der Waals surface area contributed by atoms with Crippen molar-refractivity contribution in [1.29, 1.82) is 0 Å². The van der Waals surface area contributed by atoms with Gasteiger partial charge in [0.25, 0.3) is 0 Å². The number of aromatic nitrogens is 2. The number of fused-ring (bicyclic) bond motifs is 1. The zero-order chi connectivity index (χ0) is 11.8. The third-order valence-corrected chi connectivity index (χ3v) is 3.07. The number of hydrogen-bond donors (Lipinski definition) is 0. The van der Waals surface area contributed by atoms with Crippen LogP contribution in [0.5, 0.6) is 0 Å². The van der Waals surface area contributed by atoms with Gasteiger partial charge in [-0.1, -0.05) is 18.2 Å². The second kappa shape index (κ2) is 3.82. The smallest absolute Gasteiger partial charge is 0.168 e. The Kier molecular flexibility index (Phi) is 2.30. The molecule has 1 aliphatic heterocycles. The summed E-state index contributed by atoms with van der Waals surface area (Å²) < 4.78 is 1.74. The van der Waals surface area contributed by atoms with Crippen LogP contribution in [0.15, 0.2) is 30.3 Å². The third kappa shape index (κ3) is 1.57. The van der Waals surface area contributed by atoms with Gasteiger partial charge in [0.05, 0.1) is 11.4 Å². The number of para-hydroxylation sites is 1. The summed E-state index contributed by atoms with van der Waals surface area (Å²) in [6.07, 6.45) is 0.901. The molecule has 0 saturated carbocycles. The lowest BCUT2D eigenvalue weighted by Crippen LogP contribution is -2.12. The van der Waals surface area contributed by atoms with E-state index < -0.39 is 0 Å². The molecule has 0 saturated heterocycles. The molecule has 4 nitrogen and oxygen atoms in total. The topological polar surface area (TPSA) is 38.1 Å². The second-order valence-corrected chi connectivity index (χ2v) is 4.35. The van der Waals surface area contributed by atoms with Crippen molar-refractivity contribution in [3.8, 4) is 5.69 Å². The minimum absolute atomic E-state index is 0.676. The summed E-state index contributed by atoms with van der Waals surface area (Å²) in [5.41, 5.74) is 3.69. The molecule has 0 fully saturated rings. The Hall–Kier alpha value is -1.94. The summed E-state index contributed by atoms with van der Waals surface area (Å²) in [4.78, 5) is 13.4. The van der Waals surface area contributed by atoms with Crippen molar-refractivity contribution in [3.63, 3.8) is 0 Å². The first-order valence-corrected chi connectivity index (χ1v) is 5.59. The monoisotopic (exact) mass is 227 g/mol. The Balaban J connectivity index is 2.14. The molecule has 1 aliphatic rings. The quantitative estimate of drug-likeness (QED) is 0.732. The number of carbonyl (C=O) groups excluding carboxylic acids is 1. The van der Waals surface area contributed by atoms with Crippen molar-refractivity contribution >= 4 is 6.29 Å². The van der Waals surface area contributed by atoms with Crippen LogP contribution in [-0.2, 0) is 13.1 Å². The van der Waals surface area contributed by atoms with Crippen molar-refractivity contribution < 1.29 is 4.79 Å². The van der Waals surface area contributed by atoms with Crippen LogP contribution < -0.4 is 0 Å². The molecule has 0 amide bonds. The van der Waals surface area contributed by atoms with E-state index >= 15 is 0 Å². The lowest BCUT2D eigenvalue weighted by Gasteiger charge is -2.08. The third-order valence-electron chi connectivity index (χ3n) is 3.07. The highest BCUT2D eigenvalue weighted by atomic mass is 16.1. The summed E-state index contributed by atoms with van der Waals surface area (Å²) in [7, 11) is 2.03. The SMILES string of the molecule is CN1Cc2nn(-c3ccccc3)c(C=O)c2C1. The van der Waals surface area contributed by atoms with Crippen molar-refractivity contribution in [2.24, 2.45) is 0 Å². The normalized spacial score (nSPS) is 14.9. The summed E-state index contributed by atoms with van der Waals surface area (Å²) >= 11 is 0. The molecule has 2 heterocycles. The van der Waals surface area contributed by atoms with E-state index in [2.05, 4.69) is 10.00 Å². The van der Waals surface area contributed by atoms with Gasteiger partial charge in [0.15, 0.2) is 6.29 Å². The molecular formula is C13H13N3O. The van der Waals surface area contributed by atoms with E-state index in [4.69, 9.17) is 0 Å². The summed E-state index contributed by atoms with van der Waals surface area (Å²) in [5, 5.41) is 4.53. The van der Waals surface area contributed by atoms with Gasteiger partial charge in [-0.3, -0.25) is 9.69 Å². The Labute approximate surface area is 99.5 Å². The standard InChI is InChI=1S/C13H13N3O/c1-15-7-11-12(8-15)14-16(13(11)9-17)10-5-3-2-4-6-10/h2-6,9H,7-8H2,1H3. The average molecular weight is 227 g/mol. The first-order chi connectivity index (χ1) is 8.29. The van der Waals surface area contributed by atoms with Gasteiger partial charge in [0.1, 0.15) is 5.69 Å². The molecule has 0 N–H and O–H groups in total. The van der Waals surface area contributed by atoms with Gasteiger partial charge >= 0.3 is 0 Å². The molecule has 1 aromatic heterocycles. The fourth-order valence-corrected chi connectivity index (χ4v) is 2.28. The zero-order valence-corrected chi connectivity index (χ0v) is 9.63. The van der Waals surface area contributed by atoms with Crippen LogP contribution in [0, 0.1) is 0 Å². The summed E-state index contributed by atoms with van der Waals surface area (Å²) in [6.45, 7) is 1.62. The predicted octanol–water partition coefficient (Wildman–Crippen LogP) is 1.63. The Bertz CT molecular complexity index is 560. The van der Waals surface area contributed by atoms with E-state index in [0.717, 1.165) is 36.3 Å². The van der Waals surface area contributed by atoms with Gasteiger partial charge in [-0.2, -0.15) is 5.10 Å². The fraction of sp³-hybridized carbons (Fsp3) is 0.231. The predicted molar refractivity (Wildman–Crippen MR) is 64.1 cm³/mol. The molecule has 0 unspecified atom stereocenters. The number of rotatable bonds is 2. The number of carbonyl (C=O) groups is 1. The van der Waals surface area contributed by atoms with Gasteiger partial charge in [0, 0.05) is 18.7 Å². The highest BCUT2D eigenvalue weighted by Gasteiger charge is 2.25. The number of aldehydes is 1. The molecule has 1 aromatic carbocycles. The molecule has 86 valence electrons. The molecular weight excluding hydrogens is 214 g/mol. The first kappa shape index (κ1) is 10.2. The van der Waals surface area contributed by atoms with Crippen LogP contribution in [0.3, 0.4) is 0 Å². The van der Waals surface area contributed by atoms with Crippen molar-refractivity contribution in [1.82, 2.24) is 14.7 Å². The van der Waals surface area contributed by atoms with Crippen LogP contribution in [0.2, 0.25) is 0 Å². The Morgan fingerprint density at radius 3 is 2.71 bits per heavy atom. The van der Waals surface area contributed by atoms with Crippen molar-refractivity contribution in [3.05, 3.63) is 47.3 Å². The number of nitrogens with zero attached hydrogens (tertiary/aromatic N) is 3. The molecule has 4 heteroatoms. The molecule has 0 spiro atoms. The lowest BCUT2D eigenvalue weighted by atomic mass is 10.2. The molecule has 0 radical (unpaired) electrons. The summed E-state index contributed by atoms with van der Waals surface area (Å²) in [6, 6.07) is 9.76. The van der Waals surface area contributed by atoms with Crippen LogP contribution in [0.1, 0.15) is 21.7 Å². The van der Waals surface area contributed by atoms with E-state index in [1.807, 2.05) is 37.4 Å². The van der Waals surface area contributed by atoms with Crippen LogP contribution >= 0.6 is 0 Å². The van der Waals surface area contributed by atoms with Crippen LogP contribution in [-0.4, -0.2) is 28.0 Å². The van der Waals surface area contributed by atoms with Crippen molar-refractivity contribution in [2.45, 2.75) is 13.1 Å². The largest absolute Gasteiger partial charge is 0.296 e. The lowest BCUT2D eigenvalue weighted by molar-refractivity contribution is 0.111. The van der Waals surface area contributed by atoms with Gasteiger partial charge in [-0.25, -0.2) is 4.68 Å². The van der Waals surface area contributed by atoms with Crippen LogP contribution in [0.4, 0.5) is 0 Å². The number of benzene rings is 1. The maximum atomic E-state index is 11.2. The second-order valence-electron chi connectivity index (χ2n) is 4.35. The minimum atomic E-state index is 0.676. The molecule has 0 aliphatic carbocycles. The molecule has 0 atom stereocenters. The molecule has 17 heavy (non-hydrogen) atoms. The molecule has 0 bridgehead atoms. The van der Waals surface area contributed by atoms with E-state index in [-0.39, 0.29) is 0 Å². The van der Waals surface area contributed by atoms with E-state index in [1.165, 1.54) is 0 Å². The fourth-order valence-electron chi connectivity index (χ4n) is 2.28. The highest BCUT2D eigenvalue weighted by Crippen LogP contribution is 2.25. The Morgan fingerprint density at radius 1 is 1.24 bits per heavy atom. The van der Waals surface area contributed by atoms with Gasteiger partial charge in [-0.05, 0) is 19.2 Å². The summed E-state index contributed by atoms with van der Waals surface area (Å²) in [5.74, 6) is 0. The maximum absolute atomic E-state index is 11.2.